The van der Waals surface area contributed by atoms with E-state index < -0.39 is 0 Å². The van der Waals surface area contributed by atoms with Gasteiger partial charge < -0.3 is 0 Å². The molecule has 3 aromatic heterocycles. The van der Waals surface area contributed by atoms with Gasteiger partial charge in [0.2, 0.25) is 5.13 Å². The molecule has 3 heterocycles. The molecule has 0 saturated heterocycles. The van der Waals surface area contributed by atoms with Gasteiger partial charge in [0, 0.05) is 17.3 Å². The van der Waals surface area contributed by atoms with Crippen molar-refractivity contribution in [2.45, 2.75) is 32.6 Å². The molecule has 0 unspecified atom stereocenters. The molecule has 4 rings (SSSR count). The molecule has 0 bridgehead atoms. The summed E-state index contributed by atoms with van der Waals surface area (Å²) in [6.07, 6.45) is 6.57. The van der Waals surface area contributed by atoms with Gasteiger partial charge in [-0.3, -0.25) is 4.98 Å². The molecule has 5 heteroatoms. The van der Waals surface area contributed by atoms with Crippen LogP contribution in [0.2, 0.25) is 0 Å². The van der Waals surface area contributed by atoms with Gasteiger partial charge in [-0.15, -0.1) is 11.3 Å². The molecule has 0 radical (unpaired) electrons. The third kappa shape index (κ3) is 2.17. The summed E-state index contributed by atoms with van der Waals surface area (Å²) < 4.78 is 2.01. The van der Waals surface area contributed by atoms with Crippen LogP contribution in [-0.4, -0.2) is 19.7 Å². The summed E-state index contributed by atoms with van der Waals surface area (Å²) in [5.74, 6) is 0. The summed E-state index contributed by atoms with van der Waals surface area (Å²) in [6, 6.07) is 5.89. The molecular weight excluding hydrogens is 280 g/mol. The Morgan fingerprint density at radius 2 is 2.05 bits per heavy atom. The predicted octanol–water partition coefficient (Wildman–Crippen LogP) is 3.58. The van der Waals surface area contributed by atoms with Gasteiger partial charge >= 0.3 is 0 Å². The number of hydrogen-bond acceptors (Lipinski definition) is 4. The number of aromatic nitrogens is 4. The van der Waals surface area contributed by atoms with E-state index in [2.05, 4.69) is 17.3 Å². The zero-order chi connectivity index (χ0) is 14.2. The van der Waals surface area contributed by atoms with Crippen LogP contribution in [0.5, 0.6) is 0 Å². The number of pyridine rings is 1. The molecule has 0 aliphatic heterocycles. The molecule has 0 spiro atoms. The van der Waals surface area contributed by atoms with Gasteiger partial charge in [0.1, 0.15) is 5.69 Å². The molecule has 4 nitrogen and oxygen atoms in total. The summed E-state index contributed by atoms with van der Waals surface area (Å²) in [5, 5.41) is 7.76. The minimum absolute atomic E-state index is 0.912. The van der Waals surface area contributed by atoms with Crippen LogP contribution in [0, 0.1) is 6.92 Å². The Balaban J connectivity index is 1.75. The van der Waals surface area contributed by atoms with Crippen molar-refractivity contribution in [2.75, 3.05) is 0 Å². The Bertz CT molecular complexity index is 773. The van der Waals surface area contributed by atoms with Gasteiger partial charge in [0.25, 0.3) is 0 Å². The lowest BCUT2D eigenvalue weighted by atomic mass is 9.96. The molecule has 3 aromatic rings. The number of thiazole rings is 1. The number of nitrogens with zero attached hydrogens (tertiary/aromatic N) is 4. The first-order valence-corrected chi connectivity index (χ1v) is 8.15. The minimum Gasteiger partial charge on any atom is -0.255 e. The molecule has 0 saturated carbocycles. The number of aryl methyl sites for hydroxylation is 1. The summed E-state index contributed by atoms with van der Waals surface area (Å²) in [6.45, 7) is 2.15. The third-order valence-electron chi connectivity index (χ3n) is 4.01. The van der Waals surface area contributed by atoms with E-state index in [1.165, 1.54) is 29.8 Å². The van der Waals surface area contributed by atoms with Gasteiger partial charge in [-0.05, 0) is 50.3 Å². The highest BCUT2D eigenvalue weighted by molar-refractivity contribution is 7.12. The summed E-state index contributed by atoms with van der Waals surface area (Å²) >= 11 is 1.62. The minimum atomic E-state index is 0.912. The van der Waals surface area contributed by atoms with E-state index in [1.54, 1.807) is 17.5 Å². The van der Waals surface area contributed by atoms with E-state index in [0.29, 0.717) is 0 Å². The van der Waals surface area contributed by atoms with Crippen LogP contribution >= 0.6 is 11.3 Å². The molecule has 21 heavy (non-hydrogen) atoms. The topological polar surface area (TPSA) is 43.6 Å². The van der Waals surface area contributed by atoms with Gasteiger partial charge in [0.15, 0.2) is 0 Å². The highest BCUT2D eigenvalue weighted by Gasteiger charge is 2.20. The van der Waals surface area contributed by atoms with Crippen LogP contribution in [-0.2, 0) is 12.8 Å². The first kappa shape index (κ1) is 12.7. The third-order valence-corrected chi connectivity index (χ3v) is 4.83. The lowest BCUT2D eigenvalue weighted by Crippen LogP contribution is -2.00. The van der Waals surface area contributed by atoms with E-state index in [4.69, 9.17) is 10.1 Å². The van der Waals surface area contributed by atoms with Gasteiger partial charge in [-0.25, -0.2) is 9.67 Å². The monoisotopic (exact) mass is 296 g/mol. The fourth-order valence-electron chi connectivity index (χ4n) is 2.89. The smallest absolute Gasteiger partial charge is 0.211 e. The molecular formula is C16H16N4S. The molecule has 0 amide bonds. The zero-order valence-electron chi connectivity index (χ0n) is 11.9. The predicted molar refractivity (Wildman–Crippen MR) is 83.8 cm³/mol. The lowest BCUT2D eigenvalue weighted by molar-refractivity contribution is 0.670. The van der Waals surface area contributed by atoms with Crippen molar-refractivity contribution in [3.63, 3.8) is 0 Å². The second kappa shape index (κ2) is 5.07. The maximum absolute atomic E-state index is 4.77. The van der Waals surface area contributed by atoms with Crippen molar-refractivity contribution in [1.29, 1.82) is 0 Å². The Labute approximate surface area is 127 Å². The van der Waals surface area contributed by atoms with Gasteiger partial charge in [0.05, 0.1) is 11.4 Å². The van der Waals surface area contributed by atoms with Crippen LogP contribution in [0.4, 0.5) is 0 Å². The highest BCUT2D eigenvalue weighted by atomic mass is 32.1. The normalized spacial score (nSPS) is 14.1. The average molecular weight is 296 g/mol. The number of rotatable bonds is 2. The van der Waals surface area contributed by atoms with Crippen LogP contribution in [0.25, 0.3) is 16.5 Å². The number of hydrogen-bond donors (Lipinski definition) is 0. The molecule has 1 aliphatic carbocycles. The van der Waals surface area contributed by atoms with Crippen LogP contribution in [0.3, 0.4) is 0 Å². The zero-order valence-corrected chi connectivity index (χ0v) is 12.7. The van der Waals surface area contributed by atoms with Crippen molar-refractivity contribution >= 4 is 11.3 Å². The Morgan fingerprint density at radius 3 is 2.86 bits per heavy atom. The van der Waals surface area contributed by atoms with Crippen LogP contribution < -0.4 is 0 Å². The Kier molecular flexibility index (Phi) is 3.07. The number of fused-ring (bicyclic) bond motifs is 1. The van der Waals surface area contributed by atoms with Crippen LogP contribution in [0.1, 0.15) is 29.8 Å². The van der Waals surface area contributed by atoms with E-state index in [1.807, 2.05) is 22.9 Å². The van der Waals surface area contributed by atoms with E-state index in [0.717, 1.165) is 29.4 Å². The fourth-order valence-corrected chi connectivity index (χ4v) is 3.71. The first-order valence-electron chi connectivity index (χ1n) is 7.27. The first-order chi connectivity index (χ1) is 10.3. The lowest BCUT2D eigenvalue weighted by Gasteiger charge is -2.08. The van der Waals surface area contributed by atoms with E-state index in [-0.39, 0.29) is 0 Å². The van der Waals surface area contributed by atoms with Gasteiger partial charge in [-0.2, -0.15) is 5.10 Å². The standard InChI is InChI=1S/C16H16N4S/c1-11-12-6-2-3-7-13(12)19-20(11)16-18-15(10-21-16)14-8-4-5-9-17-14/h4-5,8-10H,2-3,6-7H2,1H3. The maximum Gasteiger partial charge on any atom is 0.211 e. The van der Waals surface area contributed by atoms with E-state index >= 15 is 0 Å². The van der Waals surface area contributed by atoms with E-state index in [9.17, 15) is 0 Å². The fraction of sp³-hybridized carbons (Fsp3) is 0.312. The largest absolute Gasteiger partial charge is 0.255 e. The Morgan fingerprint density at radius 1 is 1.14 bits per heavy atom. The summed E-state index contributed by atoms with van der Waals surface area (Å²) in [5.41, 5.74) is 5.76. The highest BCUT2D eigenvalue weighted by Crippen LogP contribution is 2.28. The molecule has 106 valence electrons. The summed E-state index contributed by atoms with van der Waals surface area (Å²) in [4.78, 5) is 9.07. The average Bonchev–Trinajstić information content (AvgIpc) is 3.14. The maximum atomic E-state index is 4.77. The molecule has 0 aromatic carbocycles. The van der Waals surface area contributed by atoms with Crippen molar-refractivity contribution < 1.29 is 0 Å². The second-order valence-corrected chi connectivity index (χ2v) is 6.20. The molecule has 0 fully saturated rings. The molecule has 1 aliphatic rings. The molecule has 0 atom stereocenters. The quantitative estimate of drug-likeness (QED) is 0.726. The SMILES string of the molecule is Cc1c2c(nn1-c1nc(-c3ccccn3)cs1)CCCC2. The van der Waals surface area contributed by atoms with Crippen molar-refractivity contribution in [1.82, 2.24) is 19.7 Å². The van der Waals surface area contributed by atoms with Crippen molar-refractivity contribution in [2.24, 2.45) is 0 Å². The van der Waals surface area contributed by atoms with Gasteiger partial charge in [-0.1, -0.05) is 6.07 Å². The van der Waals surface area contributed by atoms with Crippen molar-refractivity contribution in [3.05, 3.63) is 46.7 Å². The van der Waals surface area contributed by atoms with Crippen molar-refractivity contribution in [3.8, 4) is 16.5 Å². The van der Waals surface area contributed by atoms with Crippen LogP contribution in [0.15, 0.2) is 29.8 Å². The second-order valence-electron chi connectivity index (χ2n) is 5.36. The Hall–Kier alpha value is -2.01. The molecule has 0 N–H and O–H groups in total. The summed E-state index contributed by atoms with van der Waals surface area (Å²) in [7, 11) is 0.